The molecule has 6 atom stereocenters. The number of carbonyl (C=O) groups is 4. The summed E-state index contributed by atoms with van der Waals surface area (Å²) in [4.78, 5) is 58.0. The molecular weight excluding hydrogens is 534 g/mol. The lowest BCUT2D eigenvalue weighted by Crippen LogP contribution is -2.57. The zero-order valence-corrected chi connectivity index (χ0v) is 23.8. The molecule has 1 unspecified atom stereocenters. The van der Waals surface area contributed by atoms with Crippen molar-refractivity contribution in [1.29, 1.82) is 0 Å². The highest BCUT2D eigenvalue weighted by Crippen LogP contribution is 2.65. The summed E-state index contributed by atoms with van der Waals surface area (Å²) in [5, 5.41) is 20.5. The van der Waals surface area contributed by atoms with Gasteiger partial charge in [-0.25, -0.2) is 0 Å². The van der Waals surface area contributed by atoms with Crippen LogP contribution in [0.2, 0.25) is 0 Å². The van der Waals surface area contributed by atoms with Gasteiger partial charge >= 0.3 is 0 Å². The van der Waals surface area contributed by atoms with E-state index in [0.29, 0.717) is 25.2 Å². The maximum Gasteiger partial charge on any atom is 0.271 e. The Labute approximate surface area is 244 Å². The van der Waals surface area contributed by atoms with E-state index in [4.69, 9.17) is 0 Å². The number of aliphatic hydroxyl groups excluding tert-OH is 1. The molecular formula is C32H37N5O5. The van der Waals surface area contributed by atoms with Crippen molar-refractivity contribution in [2.24, 2.45) is 23.2 Å². The molecule has 42 heavy (non-hydrogen) atoms. The number of aromatic amines is 1. The second-order valence-electron chi connectivity index (χ2n) is 12.4. The number of aliphatic hydroxyl groups is 1. The summed E-state index contributed by atoms with van der Waals surface area (Å²) < 4.78 is 0. The average molecular weight is 572 g/mol. The van der Waals surface area contributed by atoms with Gasteiger partial charge < -0.3 is 30.9 Å². The lowest BCUT2D eigenvalue weighted by molar-refractivity contribution is -0.135. The Bertz CT molecular complexity index is 1480. The Balaban J connectivity index is 1.21. The van der Waals surface area contributed by atoms with Gasteiger partial charge in [0.2, 0.25) is 11.8 Å². The lowest BCUT2D eigenvalue weighted by Gasteiger charge is -2.32. The van der Waals surface area contributed by atoms with Crippen molar-refractivity contribution in [1.82, 2.24) is 25.8 Å². The van der Waals surface area contributed by atoms with Crippen molar-refractivity contribution < 1.29 is 24.3 Å². The summed E-state index contributed by atoms with van der Waals surface area (Å²) in [6.07, 6.45) is -0.916. The Morgan fingerprint density at radius 3 is 2.55 bits per heavy atom. The topological polar surface area (TPSA) is 144 Å². The predicted molar refractivity (Wildman–Crippen MR) is 156 cm³/mol. The van der Waals surface area contributed by atoms with E-state index >= 15 is 0 Å². The van der Waals surface area contributed by atoms with Crippen molar-refractivity contribution in [2.45, 2.75) is 51.4 Å². The fraction of sp³-hybridized carbons (Fsp3) is 0.438. The number of nitrogens with zero attached hydrogens (tertiary/aromatic N) is 1. The number of amides is 4. The van der Waals surface area contributed by atoms with Crippen LogP contribution in [0.15, 0.2) is 60.7 Å². The van der Waals surface area contributed by atoms with E-state index in [-0.39, 0.29) is 42.0 Å². The molecule has 3 heterocycles. The van der Waals surface area contributed by atoms with Gasteiger partial charge in [0.15, 0.2) is 6.10 Å². The molecule has 0 spiro atoms. The summed E-state index contributed by atoms with van der Waals surface area (Å²) in [5.74, 6) is -1.80. The van der Waals surface area contributed by atoms with Crippen molar-refractivity contribution in [3.8, 4) is 0 Å². The van der Waals surface area contributed by atoms with Crippen LogP contribution in [0, 0.1) is 23.2 Å². The van der Waals surface area contributed by atoms with Crippen LogP contribution in [-0.4, -0.2) is 69.9 Å². The van der Waals surface area contributed by atoms with Crippen molar-refractivity contribution in [3.63, 3.8) is 0 Å². The van der Waals surface area contributed by atoms with Gasteiger partial charge in [-0.2, -0.15) is 0 Å². The summed E-state index contributed by atoms with van der Waals surface area (Å²) >= 11 is 0. The number of carbonyl (C=O) groups excluding carboxylic acids is 4. The van der Waals surface area contributed by atoms with Crippen LogP contribution in [0.25, 0.3) is 10.9 Å². The van der Waals surface area contributed by atoms with Crippen molar-refractivity contribution in [3.05, 3.63) is 71.9 Å². The van der Waals surface area contributed by atoms with E-state index < -0.39 is 35.9 Å². The van der Waals surface area contributed by atoms with Crippen LogP contribution in [0.1, 0.15) is 42.7 Å². The third-order valence-electron chi connectivity index (χ3n) is 9.49. The van der Waals surface area contributed by atoms with Crippen LogP contribution < -0.4 is 16.0 Å². The summed E-state index contributed by atoms with van der Waals surface area (Å²) in [6.45, 7) is 5.36. The largest absolute Gasteiger partial charge is 0.381 e. The maximum atomic E-state index is 14.0. The Hall–Kier alpha value is -4.18. The minimum atomic E-state index is -1.58. The molecule has 2 saturated heterocycles. The number of rotatable bonds is 9. The molecule has 2 aromatic carbocycles. The molecule has 2 aliphatic heterocycles. The predicted octanol–water partition coefficient (Wildman–Crippen LogP) is 1.95. The van der Waals surface area contributed by atoms with Crippen LogP contribution >= 0.6 is 0 Å². The first kappa shape index (κ1) is 28.0. The molecule has 1 aliphatic carbocycles. The molecule has 10 nitrogen and oxygen atoms in total. The van der Waals surface area contributed by atoms with Crippen molar-refractivity contribution >= 4 is 34.5 Å². The molecule has 10 heteroatoms. The number of hydrogen-bond donors (Lipinski definition) is 5. The van der Waals surface area contributed by atoms with Crippen LogP contribution in [0.5, 0.6) is 0 Å². The Morgan fingerprint density at radius 1 is 1.10 bits per heavy atom. The summed E-state index contributed by atoms with van der Waals surface area (Å²) in [6, 6.07) is 17.0. The van der Waals surface area contributed by atoms with Gasteiger partial charge in [-0.1, -0.05) is 62.4 Å². The highest BCUT2D eigenvalue weighted by Gasteiger charge is 2.69. The number of likely N-dealkylation sites (tertiary alicyclic amines) is 1. The van der Waals surface area contributed by atoms with E-state index in [1.165, 1.54) is 0 Å². The van der Waals surface area contributed by atoms with E-state index in [1.54, 1.807) is 11.0 Å². The molecule has 3 fully saturated rings. The molecule has 3 aliphatic rings. The zero-order chi connectivity index (χ0) is 29.6. The van der Waals surface area contributed by atoms with Gasteiger partial charge in [0.25, 0.3) is 11.8 Å². The Morgan fingerprint density at radius 2 is 1.83 bits per heavy atom. The minimum Gasteiger partial charge on any atom is -0.381 e. The first-order valence-electron chi connectivity index (χ1n) is 14.6. The number of aromatic nitrogens is 1. The second-order valence-corrected chi connectivity index (χ2v) is 12.4. The molecule has 1 saturated carbocycles. The van der Waals surface area contributed by atoms with Crippen LogP contribution in [0.4, 0.5) is 0 Å². The Kier molecular flexibility index (Phi) is 7.26. The normalized spacial score (nSPS) is 25.4. The zero-order valence-electron chi connectivity index (χ0n) is 23.8. The molecule has 1 aromatic heterocycles. The standard InChI is InChI=1S/C32H37N5O5/c1-32(2)21-17-37(31(42)24-14-19-10-6-7-11-22(19)35-24)26(25(21)32)29(40)36-23(15-20-12-13-33-28(20)39)27(38)30(41)34-16-18-8-4-3-5-9-18/h3-11,14,20-21,23,25-27,35,38H,12-13,15-17H2,1-2H3,(H,33,39)(H,34,41)(H,36,40)/t20-,21-,23-,25-,26-,27?/m0/s1. The third-order valence-corrected chi connectivity index (χ3v) is 9.49. The first-order chi connectivity index (χ1) is 20.1. The number of fused-ring (bicyclic) bond motifs is 2. The fourth-order valence-corrected chi connectivity index (χ4v) is 6.92. The molecule has 6 rings (SSSR count). The number of nitrogens with one attached hydrogen (secondary N) is 4. The van der Waals surface area contributed by atoms with E-state index in [9.17, 15) is 24.3 Å². The molecule has 4 amide bonds. The SMILES string of the molecule is CC1(C)[C@@H]2[C@@H](C(=O)N[C@@H](C[C@@H]3CCNC3=O)C(O)C(=O)NCc3ccccc3)N(C(=O)c3cc4ccccc4[nH]3)C[C@@H]21. The van der Waals surface area contributed by atoms with Gasteiger partial charge in [-0.3, -0.25) is 19.2 Å². The number of piperidine rings is 1. The van der Waals surface area contributed by atoms with Gasteiger partial charge in [0, 0.05) is 36.5 Å². The first-order valence-corrected chi connectivity index (χ1v) is 14.6. The average Bonchev–Trinajstić information content (AvgIpc) is 3.50. The molecule has 3 aromatic rings. The molecule has 5 N–H and O–H groups in total. The number of benzene rings is 2. The fourth-order valence-electron chi connectivity index (χ4n) is 6.92. The van der Waals surface area contributed by atoms with E-state index in [1.807, 2.05) is 54.6 Å². The summed E-state index contributed by atoms with van der Waals surface area (Å²) in [5.41, 5.74) is 2.00. The van der Waals surface area contributed by atoms with Gasteiger partial charge in [0.05, 0.1) is 6.04 Å². The van der Waals surface area contributed by atoms with E-state index in [0.717, 1.165) is 16.5 Å². The number of hydrogen-bond acceptors (Lipinski definition) is 5. The van der Waals surface area contributed by atoms with Gasteiger partial charge in [-0.15, -0.1) is 0 Å². The highest BCUT2D eigenvalue weighted by atomic mass is 16.3. The monoisotopic (exact) mass is 571 g/mol. The number of para-hydroxylation sites is 1. The quantitative estimate of drug-likeness (QED) is 0.267. The van der Waals surface area contributed by atoms with Crippen molar-refractivity contribution in [2.75, 3.05) is 13.1 Å². The van der Waals surface area contributed by atoms with Crippen LogP contribution in [0.3, 0.4) is 0 Å². The van der Waals surface area contributed by atoms with E-state index in [2.05, 4.69) is 34.8 Å². The molecule has 220 valence electrons. The number of H-pyrrole nitrogens is 1. The highest BCUT2D eigenvalue weighted by molar-refractivity contribution is 6.01. The maximum absolute atomic E-state index is 14.0. The van der Waals surface area contributed by atoms with Crippen LogP contribution in [-0.2, 0) is 20.9 Å². The molecule has 0 bridgehead atoms. The minimum absolute atomic E-state index is 0.0506. The molecule has 0 radical (unpaired) electrons. The third kappa shape index (κ3) is 5.15. The van der Waals surface area contributed by atoms with Gasteiger partial charge in [0.1, 0.15) is 11.7 Å². The lowest BCUT2D eigenvalue weighted by atomic mass is 9.93. The summed E-state index contributed by atoms with van der Waals surface area (Å²) in [7, 11) is 0. The van der Waals surface area contributed by atoms with Gasteiger partial charge in [-0.05, 0) is 47.8 Å². The smallest absolute Gasteiger partial charge is 0.271 e. The second kappa shape index (κ2) is 10.9.